The van der Waals surface area contributed by atoms with Crippen molar-refractivity contribution in [2.45, 2.75) is 5.41 Å². The Bertz CT molecular complexity index is 2050. The van der Waals surface area contributed by atoms with E-state index in [1.807, 2.05) is 36.4 Å². The van der Waals surface area contributed by atoms with Crippen molar-refractivity contribution < 1.29 is 0 Å². The summed E-state index contributed by atoms with van der Waals surface area (Å²) in [4.78, 5) is 2.28. The Morgan fingerprint density at radius 2 is 0.857 bits per heavy atom. The monoisotopic (exact) mass is 533 g/mol. The van der Waals surface area contributed by atoms with E-state index in [0.29, 0.717) is 11.1 Å². The second kappa shape index (κ2) is 9.07. The SMILES string of the molecule is N#Cc1ccc2c(c1)C1(c3ccccc3-2)c2cc(C#N)ccc2-c2ccc(N(c3ccccc3)c3ccccc3)cc21. The fraction of sp³-hybridized carbons (Fsp3) is 0.0256. The van der Waals surface area contributed by atoms with Crippen LogP contribution in [0.25, 0.3) is 22.3 Å². The molecule has 1 spiro atoms. The Morgan fingerprint density at radius 1 is 0.405 bits per heavy atom. The highest BCUT2D eigenvalue weighted by Gasteiger charge is 2.52. The van der Waals surface area contributed by atoms with Crippen LogP contribution >= 0.6 is 0 Å². The van der Waals surface area contributed by atoms with Gasteiger partial charge in [-0.3, -0.25) is 0 Å². The van der Waals surface area contributed by atoms with Crippen molar-refractivity contribution in [3.63, 3.8) is 0 Å². The summed E-state index contributed by atoms with van der Waals surface area (Å²) in [6, 6.07) is 52.9. The zero-order valence-electron chi connectivity index (χ0n) is 22.6. The van der Waals surface area contributed by atoms with Crippen molar-refractivity contribution >= 4 is 17.1 Å². The Hall–Kier alpha value is -5.90. The summed E-state index contributed by atoms with van der Waals surface area (Å²) in [5, 5.41) is 19.9. The molecule has 2 aliphatic carbocycles. The van der Waals surface area contributed by atoms with Crippen LogP contribution in [-0.4, -0.2) is 0 Å². The van der Waals surface area contributed by atoms with E-state index in [-0.39, 0.29) is 0 Å². The lowest BCUT2D eigenvalue weighted by molar-refractivity contribution is 0.793. The minimum Gasteiger partial charge on any atom is -0.310 e. The Balaban J connectivity index is 1.48. The number of anilines is 3. The van der Waals surface area contributed by atoms with Gasteiger partial charge in [0.25, 0.3) is 0 Å². The summed E-state index contributed by atoms with van der Waals surface area (Å²) in [5.74, 6) is 0. The van der Waals surface area contributed by atoms with Gasteiger partial charge in [-0.25, -0.2) is 0 Å². The van der Waals surface area contributed by atoms with E-state index in [2.05, 4.69) is 120 Å². The second-order valence-electron chi connectivity index (χ2n) is 10.8. The van der Waals surface area contributed by atoms with Crippen molar-refractivity contribution in [2.75, 3.05) is 4.90 Å². The summed E-state index contributed by atoms with van der Waals surface area (Å²) in [6.07, 6.45) is 0. The van der Waals surface area contributed by atoms with E-state index in [1.54, 1.807) is 0 Å². The van der Waals surface area contributed by atoms with Gasteiger partial charge in [-0.1, -0.05) is 78.9 Å². The largest absolute Gasteiger partial charge is 0.310 e. The molecule has 42 heavy (non-hydrogen) atoms. The van der Waals surface area contributed by atoms with Crippen LogP contribution in [0.1, 0.15) is 33.4 Å². The predicted molar refractivity (Wildman–Crippen MR) is 167 cm³/mol. The maximum atomic E-state index is 9.96. The smallest absolute Gasteiger partial charge is 0.0991 e. The quantitative estimate of drug-likeness (QED) is 0.227. The molecule has 0 radical (unpaired) electrons. The molecule has 3 nitrogen and oxygen atoms in total. The third-order valence-electron chi connectivity index (χ3n) is 8.71. The normalized spacial score (nSPS) is 15.2. The molecule has 0 aliphatic heterocycles. The number of benzene rings is 6. The molecule has 0 aromatic heterocycles. The first-order valence-electron chi connectivity index (χ1n) is 14.0. The molecule has 194 valence electrons. The van der Waals surface area contributed by atoms with Gasteiger partial charge in [0, 0.05) is 17.1 Å². The number of rotatable bonds is 3. The highest BCUT2D eigenvalue weighted by Crippen LogP contribution is 2.63. The molecule has 1 unspecified atom stereocenters. The molecule has 8 rings (SSSR count). The van der Waals surface area contributed by atoms with Gasteiger partial charge in [0.1, 0.15) is 0 Å². The number of hydrogen-bond acceptors (Lipinski definition) is 3. The second-order valence-corrected chi connectivity index (χ2v) is 10.8. The van der Waals surface area contributed by atoms with Crippen LogP contribution in [0.2, 0.25) is 0 Å². The van der Waals surface area contributed by atoms with Crippen LogP contribution in [0, 0.1) is 22.7 Å². The molecular formula is C39H23N3. The zero-order valence-corrected chi connectivity index (χ0v) is 22.6. The number of fused-ring (bicyclic) bond motifs is 10. The molecular weight excluding hydrogens is 510 g/mol. The maximum Gasteiger partial charge on any atom is 0.0991 e. The van der Waals surface area contributed by atoms with Crippen LogP contribution < -0.4 is 4.90 Å². The maximum absolute atomic E-state index is 9.96. The molecule has 6 aromatic carbocycles. The molecule has 6 aromatic rings. The van der Waals surface area contributed by atoms with Crippen molar-refractivity contribution in [3.8, 4) is 34.4 Å². The van der Waals surface area contributed by atoms with Crippen LogP contribution in [0.3, 0.4) is 0 Å². The third-order valence-corrected chi connectivity index (χ3v) is 8.71. The molecule has 0 N–H and O–H groups in total. The molecule has 0 saturated heterocycles. The lowest BCUT2D eigenvalue weighted by atomic mass is 9.70. The molecule has 1 atom stereocenters. The number of nitriles is 2. The highest BCUT2D eigenvalue weighted by atomic mass is 15.1. The molecule has 0 bridgehead atoms. The van der Waals surface area contributed by atoms with E-state index in [1.165, 1.54) is 5.56 Å². The lowest BCUT2D eigenvalue weighted by Gasteiger charge is -2.32. The number of nitrogens with zero attached hydrogens (tertiary/aromatic N) is 3. The van der Waals surface area contributed by atoms with E-state index in [4.69, 9.17) is 0 Å². The van der Waals surface area contributed by atoms with Gasteiger partial charge >= 0.3 is 0 Å². The Labute approximate surface area is 244 Å². The standard InChI is InChI=1S/C39H23N3/c40-24-26-15-18-32-31-13-7-8-14-35(31)39(36(32)21-26)37-22-27(25-41)16-19-33(37)34-20-17-30(23-38(34)39)42(28-9-3-1-4-10-28)29-11-5-2-6-12-29/h1-23H. The minimum atomic E-state index is -0.661. The van der Waals surface area contributed by atoms with Crippen molar-refractivity contribution in [1.29, 1.82) is 10.5 Å². The molecule has 0 amide bonds. The first-order chi connectivity index (χ1) is 20.7. The van der Waals surface area contributed by atoms with Gasteiger partial charge < -0.3 is 4.90 Å². The topological polar surface area (TPSA) is 50.8 Å². The summed E-state index contributed by atoms with van der Waals surface area (Å²) >= 11 is 0. The van der Waals surface area contributed by atoms with Gasteiger partial charge in [0.05, 0.1) is 28.7 Å². The van der Waals surface area contributed by atoms with E-state index in [0.717, 1.165) is 56.0 Å². The fourth-order valence-electron chi connectivity index (χ4n) is 7.05. The average Bonchev–Trinajstić information content (AvgIpc) is 3.52. The van der Waals surface area contributed by atoms with Gasteiger partial charge in [0.2, 0.25) is 0 Å². The minimum absolute atomic E-state index is 0.624. The average molecular weight is 534 g/mol. The number of hydrogen-bond donors (Lipinski definition) is 0. The van der Waals surface area contributed by atoms with Crippen LogP contribution in [0.5, 0.6) is 0 Å². The lowest BCUT2D eigenvalue weighted by Crippen LogP contribution is -2.26. The van der Waals surface area contributed by atoms with Crippen molar-refractivity contribution in [1.82, 2.24) is 0 Å². The van der Waals surface area contributed by atoms with E-state index >= 15 is 0 Å². The highest BCUT2D eigenvalue weighted by molar-refractivity contribution is 5.96. The predicted octanol–water partition coefficient (Wildman–Crippen LogP) is 9.24. The van der Waals surface area contributed by atoms with Crippen LogP contribution in [-0.2, 0) is 5.41 Å². The molecule has 3 heteroatoms. The summed E-state index contributed by atoms with van der Waals surface area (Å²) < 4.78 is 0. The zero-order chi connectivity index (χ0) is 28.3. The fourth-order valence-corrected chi connectivity index (χ4v) is 7.05. The van der Waals surface area contributed by atoms with Crippen molar-refractivity contribution in [3.05, 3.63) is 173 Å². The third kappa shape index (κ3) is 3.20. The van der Waals surface area contributed by atoms with E-state index < -0.39 is 5.41 Å². The Kier molecular flexibility index (Phi) is 5.17. The van der Waals surface area contributed by atoms with E-state index in [9.17, 15) is 10.5 Å². The molecule has 0 fully saturated rings. The first kappa shape index (κ1) is 23.9. The molecule has 2 aliphatic rings. The summed E-state index contributed by atoms with van der Waals surface area (Å²) in [5.41, 5.74) is 12.8. The van der Waals surface area contributed by atoms with Gasteiger partial charge in [-0.15, -0.1) is 0 Å². The number of para-hydroxylation sites is 2. The van der Waals surface area contributed by atoms with Crippen molar-refractivity contribution in [2.24, 2.45) is 0 Å². The van der Waals surface area contributed by atoms with Gasteiger partial charge in [-0.05, 0) is 105 Å². The van der Waals surface area contributed by atoms with Gasteiger partial charge in [0.15, 0.2) is 0 Å². The van der Waals surface area contributed by atoms with Crippen LogP contribution in [0.4, 0.5) is 17.1 Å². The van der Waals surface area contributed by atoms with Crippen LogP contribution in [0.15, 0.2) is 140 Å². The van der Waals surface area contributed by atoms with Gasteiger partial charge in [-0.2, -0.15) is 10.5 Å². The summed E-state index contributed by atoms with van der Waals surface area (Å²) in [6.45, 7) is 0. The molecule has 0 heterocycles. The molecule has 0 saturated carbocycles. The Morgan fingerprint density at radius 3 is 1.40 bits per heavy atom. The summed E-state index contributed by atoms with van der Waals surface area (Å²) in [7, 11) is 0. The first-order valence-corrected chi connectivity index (χ1v) is 14.0.